The Kier molecular flexibility index (Phi) is 12.3. The molecule has 7 unspecified atom stereocenters. The van der Waals surface area contributed by atoms with Crippen molar-refractivity contribution in [2.45, 2.75) is 95.2 Å². The number of hydrogen-bond donors (Lipinski definition) is 8. The lowest BCUT2D eigenvalue weighted by molar-refractivity contribution is -0.126. The molecule has 5 aliphatic rings. The summed E-state index contributed by atoms with van der Waals surface area (Å²) < 4.78 is 6.12. The molecule has 230 valence electrons. The van der Waals surface area contributed by atoms with E-state index in [-0.39, 0.29) is 24.2 Å². The number of hydrazine groups is 1. The van der Waals surface area contributed by atoms with Crippen molar-refractivity contribution in [1.82, 2.24) is 47.7 Å². The van der Waals surface area contributed by atoms with Crippen LogP contribution in [0.5, 0.6) is 0 Å². The van der Waals surface area contributed by atoms with Gasteiger partial charge in [-0.2, -0.15) is 0 Å². The first-order chi connectivity index (χ1) is 19.7. The Morgan fingerprint density at radius 1 is 0.950 bits per heavy atom. The normalized spacial score (nSPS) is 37.5. The van der Waals surface area contributed by atoms with Gasteiger partial charge in [0.15, 0.2) is 0 Å². The molecule has 11 nitrogen and oxygen atoms in total. The van der Waals surface area contributed by atoms with Crippen LogP contribution in [-0.2, 0) is 9.53 Å². The molecule has 4 aliphatic heterocycles. The number of carbonyl (C=O) groups is 1. The van der Waals surface area contributed by atoms with Gasteiger partial charge in [0.05, 0.1) is 25.5 Å². The first kappa shape index (κ1) is 30.6. The van der Waals surface area contributed by atoms with E-state index in [2.05, 4.69) is 54.6 Å². The highest BCUT2D eigenvalue weighted by Gasteiger charge is 2.38. The second-order valence-electron chi connectivity index (χ2n) is 12.8. The topological polar surface area (TPSA) is 126 Å². The van der Waals surface area contributed by atoms with Crippen molar-refractivity contribution in [2.75, 3.05) is 65.7 Å². The lowest BCUT2D eigenvalue weighted by atomic mass is 9.83. The van der Waals surface area contributed by atoms with E-state index in [0.717, 1.165) is 97.8 Å². The number of rotatable bonds is 13. The maximum absolute atomic E-state index is 13.1. The van der Waals surface area contributed by atoms with Crippen molar-refractivity contribution < 1.29 is 9.53 Å². The van der Waals surface area contributed by atoms with E-state index in [9.17, 15) is 4.79 Å². The predicted molar refractivity (Wildman–Crippen MR) is 158 cm³/mol. The Morgan fingerprint density at radius 2 is 1.88 bits per heavy atom. The molecule has 11 heteroatoms. The van der Waals surface area contributed by atoms with Gasteiger partial charge in [-0.25, -0.2) is 10.9 Å². The van der Waals surface area contributed by atoms with Crippen LogP contribution >= 0.6 is 0 Å². The van der Waals surface area contributed by atoms with Crippen LogP contribution in [0, 0.1) is 17.8 Å². The van der Waals surface area contributed by atoms with Gasteiger partial charge in [-0.15, -0.1) is 0 Å². The fraction of sp³-hybridized carbons (Fsp3) is 0.966. The van der Waals surface area contributed by atoms with Crippen LogP contribution in [0.15, 0.2) is 0 Å². The van der Waals surface area contributed by atoms with Crippen LogP contribution in [-0.4, -0.2) is 107 Å². The van der Waals surface area contributed by atoms with E-state index in [0.29, 0.717) is 30.0 Å². The highest BCUT2D eigenvalue weighted by Crippen LogP contribution is 2.26. The summed E-state index contributed by atoms with van der Waals surface area (Å²) in [6.07, 6.45) is 10.6. The van der Waals surface area contributed by atoms with E-state index in [1.165, 1.54) is 25.7 Å². The van der Waals surface area contributed by atoms with Crippen molar-refractivity contribution in [3.8, 4) is 0 Å². The van der Waals surface area contributed by atoms with Crippen LogP contribution in [0.3, 0.4) is 0 Å². The summed E-state index contributed by atoms with van der Waals surface area (Å²) >= 11 is 0. The number of hydrogen-bond acceptors (Lipinski definition) is 10. The van der Waals surface area contributed by atoms with Crippen molar-refractivity contribution in [1.29, 1.82) is 0 Å². The van der Waals surface area contributed by atoms with Crippen molar-refractivity contribution in [3.05, 3.63) is 0 Å². The van der Waals surface area contributed by atoms with Crippen LogP contribution in [0.4, 0.5) is 0 Å². The summed E-state index contributed by atoms with van der Waals surface area (Å²) in [6, 6.07) is 1.29. The first-order valence-corrected chi connectivity index (χ1v) is 16.4. The number of nitrogens with zero attached hydrogens (tertiary/aromatic N) is 1. The number of nitrogens with one attached hydrogen (secondary N) is 8. The minimum atomic E-state index is 0.128. The zero-order valence-electron chi connectivity index (χ0n) is 24.8. The van der Waals surface area contributed by atoms with Gasteiger partial charge in [-0.05, 0) is 83.0 Å². The molecule has 4 saturated heterocycles. The highest BCUT2D eigenvalue weighted by molar-refractivity contribution is 5.78. The fourth-order valence-corrected chi connectivity index (χ4v) is 7.54. The van der Waals surface area contributed by atoms with E-state index in [1.54, 1.807) is 0 Å². The number of amides is 1. The Hall–Kier alpha value is -0.890. The summed E-state index contributed by atoms with van der Waals surface area (Å²) in [4.78, 5) is 15.7. The minimum absolute atomic E-state index is 0.128. The predicted octanol–water partition coefficient (Wildman–Crippen LogP) is -0.374. The lowest BCUT2D eigenvalue weighted by Gasteiger charge is -2.36. The molecule has 8 N–H and O–H groups in total. The SMILES string of the molecule is CCC1CNCCC1CNC(=O)C1CCCC(NCC2NNC(C3CCNCN3)N2CCOC[C@H]2CCCN2)C1. The maximum Gasteiger partial charge on any atom is 0.223 e. The highest BCUT2D eigenvalue weighted by atomic mass is 16.5. The molecule has 0 radical (unpaired) electrons. The third kappa shape index (κ3) is 8.58. The third-order valence-electron chi connectivity index (χ3n) is 10.1. The van der Waals surface area contributed by atoms with E-state index in [1.807, 2.05) is 0 Å². The average Bonchev–Trinajstić information content (AvgIpc) is 3.68. The van der Waals surface area contributed by atoms with Gasteiger partial charge in [0.25, 0.3) is 0 Å². The van der Waals surface area contributed by atoms with Gasteiger partial charge in [0.2, 0.25) is 5.91 Å². The summed E-state index contributed by atoms with van der Waals surface area (Å²) in [5.74, 6) is 1.69. The average molecular weight is 564 g/mol. The molecule has 40 heavy (non-hydrogen) atoms. The molecule has 0 aromatic carbocycles. The van der Waals surface area contributed by atoms with E-state index < -0.39 is 0 Å². The second kappa shape index (κ2) is 16.1. The van der Waals surface area contributed by atoms with Crippen molar-refractivity contribution in [3.63, 3.8) is 0 Å². The standard InChI is InChI=1S/C29H57N9O2/c1-2-21-16-30-11-8-23(21)17-34-29(39)22-5-3-6-24(15-22)33-18-27-36-37-28(26-9-12-31-20-35-26)38(27)13-14-40-19-25-7-4-10-32-25/h21-28,30-33,35-37H,2-20H2,1H3,(H,34,39)/t21?,22?,23?,24?,25-,26?,27?,28?/m1/s1. The molecule has 1 amide bonds. The lowest BCUT2D eigenvalue weighted by Crippen LogP contribution is -2.59. The summed E-state index contributed by atoms with van der Waals surface area (Å²) in [5, 5.41) is 21.3. The summed E-state index contributed by atoms with van der Waals surface area (Å²) in [5.41, 5.74) is 7.17. The third-order valence-corrected chi connectivity index (χ3v) is 10.1. The largest absolute Gasteiger partial charge is 0.379 e. The number of ether oxygens (including phenoxy) is 1. The molecule has 0 aromatic rings. The van der Waals surface area contributed by atoms with Crippen LogP contribution < -0.4 is 42.8 Å². The molecule has 1 saturated carbocycles. The van der Waals surface area contributed by atoms with Crippen molar-refractivity contribution in [2.24, 2.45) is 17.8 Å². The Balaban J connectivity index is 1.07. The van der Waals surface area contributed by atoms with Gasteiger partial charge in [0, 0.05) is 50.3 Å². The Labute approximate surface area is 241 Å². The van der Waals surface area contributed by atoms with E-state index >= 15 is 0 Å². The minimum Gasteiger partial charge on any atom is -0.379 e. The molecule has 0 spiro atoms. The summed E-state index contributed by atoms with van der Waals surface area (Å²) in [7, 11) is 0. The molecular formula is C29H57N9O2. The first-order valence-electron chi connectivity index (χ1n) is 16.4. The number of carbonyl (C=O) groups excluding carboxylic acids is 1. The molecular weight excluding hydrogens is 506 g/mol. The van der Waals surface area contributed by atoms with Gasteiger partial charge in [0.1, 0.15) is 0 Å². The maximum atomic E-state index is 13.1. The molecule has 5 fully saturated rings. The molecule has 1 aliphatic carbocycles. The monoisotopic (exact) mass is 563 g/mol. The fourth-order valence-electron chi connectivity index (χ4n) is 7.54. The van der Waals surface area contributed by atoms with Crippen LogP contribution in [0.25, 0.3) is 0 Å². The molecule has 8 atom stereocenters. The van der Waals surface area contributed by atoms with Crippen molar-refractivity contribution >= 4 is 5.91 Å². The zero-order valence-corrected chi connectivity index (χ0v) is 24.8. The molecule has 0 bridgehead atoms. The van der Waals surface area contributed by atoms with Gasteiger partial charge in [-0.3, -0.25) is 15.0 Å². The van der Waals surface area contributed by atoms with Crippen LogP contribution in [0.1, 0.15) is 64.7 Å². The zero-order chi connectivity index (χ0) is 27.6. The summed E-state index contributed by atoms with van der Waals surface area (Å²) in [6.45, 7) is 11.6. The van der Waals surface area contributed by atoms with Gasteiger partial charge in [-0.1, -0.05) is 19.8 Å². The smallest absolute Gasteiger partial charge is 0.223 e. The number of piperidine rings is 1. The Morgan fingerprint density at radius 3 is 2.70 bits per heavy atom. The Bertz CT molecular complexity index is 749. The van der Waals surface area contributed by atoms with Gasteiger partial charge < -0.3 is 31.3 Å². The molecule has 5 rings (SSSR count). The quantitative estimate of drug-likeness (QED) is 0.141. The molecule has 0 aromatic heterocycles. The van der Waals surface area contributed by atoms with E-state index in [4.69, 9.17) is 4.74 Å². The second-order valence-corrected chi connectivity index (χ2v) is 12.8. The van der Waals surface area contributed by atoms with Gasteiger partial charge >= 0.3 is 0 Å². The van der Waals surface area contributed by atoms with Crippen LogP contribution in [0.2, 0.25) is 0 Å². The molecule has 4 heterocycles.